The van der Waals surface area contributed by atoms with E-state index in [-0.39, 0.29) is 17.5 Å². The van der Waals surface area contributed by atoms with Crippen LogP contribution in [-0.4, -0.2) is 65.6 Å². The Bertz CT molecular complexity index is 626. The van der Waals surface area contributed by atoms with Crippen LogP contribution in [0.3, 0.4) is 0 Å². The maximum atomic E-state index is 12.7. The van der Waals surface area contributed by atoms with Gasteiger partial charge in [-0.2, -0.15) is 0 Å². The second-order valence-corrected chi connectivity index (χ2v) is 6.54. The molecule has 0 unspecified atom stereocenters. The van der Waals surface area contributed by atoms with Gasteiger partial charge in [-0.15, -0.1) is 0 Å². The lowest BCUT2D eigenvalue weighted by molar-refractivity contribution is -0.0776. The van der Waals surface area contributed by atoms with E-state index in [1.165, 1.54) is 6.07 Å². The van der Waals surface area contributed by atoms with Gasteiger partial charge in [-0.05, 0) is 19.4 Å². The predicted octanol–water partition coefficient (Wildman–Crippen LogP) is 1.01. The molecule has 2 atom stereocenters. The summed E-state index contributed by atoms with van der Waals surface area (Å²) in [7, 11) is 0. The molecule has 3 heterocycles. The zero-order chi connectivity index (χ0) is 16.4. The first-order valence-electron chi connectivity index (χ1n) is 8.42. The van der Waals surface area contributed by atoms with Crippen LogP contribution in [0.5, 0.6) is 0 Å². The molecule has 3 rings (SSSR count). The normalized spacial score (nSPS) is 25.2. The molecule has 0 saturated carbocycles. The number of carbonyl (C=O) groups excluding carboxylic acids is 1. The van der Waals surface area contributed by atoms with Crippen LogP contribution in [0.15, 0.2) is 16.9 Å². The van der Waals surface area contributed by atoms with E-state index in [1.807, 2.05) is 4.90 Å². The minimum absolute atomic E-state index is 0.0588. The Morgan fingerprint density at radius 1 is 1.35 bits per heavy atom. The number of fused-ring (bicyclic) bond motifs is 1. The van der Waals surface area contributed by atoms with E-state index in [4.69, 9.17) is 4.74 Å². The number of nitrogens with one attached hydrogen (secondary N) is 1. The van der Waals surface area contributed by atoms with Crippen molar-refractivity contribution in [2.45, 2.75) is 38.8 Å². The van der Waals surface area contributed by atoms with Gasteiger partial charge >= 0.3 is 0 Å². The predicted molar refractivity (Wildman–Crippen MR) is 87.7 cm³/mol. The first-order chi connectivity index (χ1) is 11.1. The van der Waals surface area contributed by atoms with Gasteiger partial charge in [0.15, 0.2) is 0 Å². The Balaban J connectivity index is 1.71. The van der Waals surface area contributed by atoms with Gasteiger partial charge in [0.1, 0.15) is 0 Å². The van der Waals surface area contributed by atoms with Gasteiger partial charge in [0.05, 0.1) is 19.3 Å². The van der Waals surface area contributed by atoms with Gasteiger partial charge in [-0.3, -0.25) is 14.5 Å². The molecule has 1 aromatic heterocycles. The topological polar surface area (TPSA) is 65.6 Å². The molecule has 6 nitrogen and oxygen atoms in total. The highest BCUT2D eigenvalue weighted by atomic mass is 16.5. The monoisotopic (exact) mass is 319 g/mol. The summed E-state index contributed by atoms with van der Waals surface area (Å²) in [5.41, 5.74) is 0.959. The number of rotatable bonds is 3. The Kier molecular flexibility index (Phi) is 4.82. The van der Waals surface area contributed by atoms with Gasteiger partial charge < -0.3 is 14.6 Å². The first kappa shape index (κ1) is 16.2. The molecule has 0 spiro atoms. The summed E-state index contributed by atoms with van der Waals surface area (Å²) in [5.74, 6) is -0.0588. The van der Waals surface area contributed by atoms with Gasteiger partial charge in [-0.1, -0.05) is 13.3 Å². The zero-order valence-corrected chi connectivity index (χ0v) is 13.9. The lowest BCUT2D eigenvalue weighted by atomic mass is 10.0. The Hall–Kier alpha value is -1.66. The average molecular weight is 319 g/mol. The second kappa shape index (κ2) is 6.84. The highest BCUT2D eigenvalue weighted by Crippen LogP contribution is 2.22. The summed E-state index contributed by atoms with van der Waals surface area (Å²) in [4.78, 5) is 31.3. The Morgan fingerprint density at radius 2 is 2.17 bits per heavy atom. The maximum Gasteiger partial charge on any atom is 0.254 e. The van der Waals surface area contributed by atoms with Crippen LogP contribution in [0.2, 0.25) is 0 Å². The number of pyridine rings is 1. The average Bonchev–Trinajstić information content (AvgIpc) is 2.53. The summed E-state index contributed by atoms with van der Waals surface area (Å²) < 4.78 is 5.74. The van der Waals surface area contributed by atoms with Crippen molar-refractivity contribution < 1.29 is 9.53 Å². The molecule has 23 heavy (non-hydrogen) atoms. The van der Waals surface area contributed by atoms with Crippen molar-refractivity contribution in [3.05, 3.63) is 33.7 Å². The van der Waals surface area contributed by atoms with E-state index in [1.54, 1.807) is 13.0 Å². The Morgan fingerprint density at radius 3 is 2.91 bits per heavy atom. The summed E-state index contributed by atoms with van der Waals surface area (Å²) in [6, 6.07) is 3.87. The number of piperazine rings is 1. The highest BCUT2D eigenvalue weighted by molar-refractivity contribution is 5.94. The molecule has 0 radical (unpaired) electrons. The minimum atomic E-state index is -0.226. The second-order valence-electron chi connectivity index (χ2n) is 6.54. The van der Waals surface area contributed by atoms with E-state index in [9.17, 15) is 9.59 Å². The van der Waals surface area contributed by atoms with E-state index < -0.39 is 0 Å². The van der Waals surface area contributed by atoms with E-state index in [0.717, 1.165) is 26.0 Å². The van der Waals surface area contributed by atoms with E-state index in [2.05, 4.69) is 16.8 Å². The maximum absolute atomic E-state index is 12.7. The SMILES string of the molecule is CCC[C@H]1COC[C@H]2CN(C(=O)c3cc(C)[nH]c(=O)c3)CCN12. The van der Waals surface area contributed by atoms with Crippen molar-refractivity contribution in [3.63, 3.8) is 0 Å². The number of aryl methyl sites for hydroxylation is 1. The standard InChI is InChI=1S/C17H25N3O3/c1-3-4-14-10-23-11-15-9-19(5-6-20(14)15)17(22)13-7-12(2)18-16(21)8-13/h7-8,14-15H,3-6,9-11H2,1-2H3,(H,18,21)/t14-,15+/m0/s1. The zero-order valence-electron chi connectivity index (χ0n) is 13.9. The molecular weight excluding hydrogens is 294 g/mol. The molecule has 2 fully saturated rings. The third-order valence-electron chi connectivity index (χ3n) is 4.75. The number of morpholine rings is 1. The van der Waals surface area contributed by atoms with Gasteiger partial charge in [0.2, 0.25) is 5.56 Å². The smallest absolute Gasteiger partial charge is 0.254 e. The third kappa shape index (κ3) is 3.48. The van der Waals surface area contributed by atoms with Crippen molar-refractivity contribution >= 4 is 5.91 Å². The fourth-order valence-corrected chi connectivity index (χ4v) is 3.69. The van der Waals surface area contributed by atoms with Crippen molar-refractivity contribution in [1.29, 1.82) is 0 Å². The molecule has 2 aliphatic rings. The summed E-state index contributed by atoms with van der Waals surface area (Å²) in [6.45, 7) is 7.72. The number of carbonyl (C=O) groups is 1. The Labute approximate surface area is 136 Å². The molecule has 2 aliphatic heterocycles. The van der Waals surface area contributed by atoms with Gasteiger partial charge in [-0.25, -0.2) is 0 Å². The van der Waals surface area contributed by atoms with Crippen LogP contribution in [0.25, 0.3) is 0 Å². The van der Waals surface area contributed by atoms with Crippen LogP contribution in [-0.2, 0) is 4.74 Å². The quantitative estimate of drug-likeness (QED) is 0.903. The molecule has 6 heteroatoms. The number of H-pyrrole nitrogens is 1. The summed E-state index contributed by atoms with van der Waals surface area (Å²) in [6.07, 6.45) is 2.28. The molecular formula is C17H25N3O3. The molecule has 1 aromatic rings. The van der Waals surface area contributed by atoms with Crippen LogP contribution >= 0.6 is 0 Å². The van der Waals surface area contributed by atoms with Crippen molar-refractivity contribution in [3.8, 4) is 0 Å². The third-order valence-corrected chi connectivity index (χ3v) is 4.75. The number of hydrogen-bond donors (Lipinski definition) is 1. The lowest BCUT2D eigenvalue weighted by Gasteiger charge is -2.48. The molecule has 0 aliphatic carbocycles. The fourth-order valence-electron chi connectivity index (χ4n) is 3.69. The molecule has 2 saturated heterocycles. The fraction of sp³-hybridized carbons (Fsp3) is 0.647. The molecule has 0 bridgehead atoms. The molecule has 1 amide bonds. The highest BCUT2D eigenvalue weighted by Gasteiger charge is 2.36. The molecule has 126 valence electrons. The van der Waals surface area contributed by atoms with Crippen molar-refractivity contribution in [2.75, 3.05) is 32.8 Å². The van der Waals surface area contributed by atoms with Crippen LogP contribution in [0.4, 0.5) is 0 Å². The van der Waals surface area contributed by atoms with Crippen molar-refractivity contribution in [1.82, 2.24) is 14.8 Å². The number of nitrogens with zero attached hydrogens (tertiary/aromatic N) is 2. The summed E-state index contributed by atoms with van der Waals surface area (Å²) >= 11 is 0. The van der Waals surface area contributed by atoms with E-state index >= 15 is 0 Å². The molecule has 0 aromatic carbocycles. The van der Waals surface area contributed by atoms with Crippen LogP contribution < -0.4 is 5.56 Å². The largest absolute Gasteiger partial charge is 0.378 e. The minimum Gasteiger partial charge on any atom is -0.378 e. The summed E-state index contributed by atoms with van der Waals surface area (Å²) in [5, 5.41) is 0. The van der Waals surface area contributed by atoms with Crippen LogP contribution in [0, 0.1) is 6.92 Å². The molecule has 1 N–H and O–H groups in total. The van der Waals surface area contributed by atoms with Crippen molar-refractivity contribution in [2.24, 2.45) is 0 Å². The number of aromatic nitrogens is 1. The van der Waals surface area contributed by atoms with Gasteiger partial charge in [0.25, 0.3) is 5.91 Å². The van der Waals surface area contributed by atoms with E-state index in [0.29, 0.717) is 37.0 Å². The number of amides is 1. The number of hydrogen-bond acceptors (Lipinski definition) is 4. The number of aromatic amines is 1. The lowest BCUT2D eigenvalue weighted by Crippen LogP contribution is -2.62. The van der Waals surface area contributed by atoms with Gasteiger partial charge in [0, 0.05) is 43.0 Å². The van der Waals surface area contributed by atoms with Crippen LogP contribution in [0.1, 0.15) is 35.8 Å². The first-order valence-corrected chi connectivity index (χ1v) is 8.42. The number of ether oxygens (including phenoxy) is 1.